The van der Waals surface area contributed by atoms with Crippen molar-refractivity contribution in [3.8, 4) is 0 Å². The van der Waals surface area contributed by atoms with Crippen molar-refractivity contribution in [3.63, 3.8) is 0 Å². The van der Waals surface area contributed by atoms with Gasteiger partial charge in [0.05, 0.1) is 16.1 Å². The molecule has 0 aliphatic rings. The zero-order valence-electron chi connectivity index (χ0n) is 10.4. The van der Waals surface area contributed by atoms with Crippen LogP contribution in [0.5, 0.6) is 0 Å². The number of carboxylic acid groups (broad SMARTS) is 1. The number of benzene rings is 2. The Bertz CT molecular complexity index is 734. The van der Waals surface area contributed by atoms with Crippen molar-refractivity contribution >= 4 is 56.7 Å². The first kappa shape index (κ1) is 15.8. The Morgan fingerprint density at radius 1 is 1.10 bits per heavy atom. The molecule has 0 saturated heterocycles. The van der Waals surface area contributed by atoms with E-state index in [9.17, 15) is 9.59 Å². The number of halogens is 3. The molecule has 0 unspecified atom stereocenters. The summed E-state index contributed by atoms with van der Waals surface area (Å²) in [6, 6.07) is 8.93. The average molecular weight is 389 g/mol. The minimum Gasteiger partial charge on any atom is -0.478 e. The molecule has 1 amide bonds. The van der Waals surface area contributed by atoms with Gasteiger partial charge in [-0.2, -0.15) is 0 Å². The fraction of sp³-hybridized carbons (Fsp3) is 0. The van der Waals surface area contributed by atoms with Gasteiger partial charge in [0.2, 0.25) is 0 Å². The minimum absolute atomic E-state index is 0.0156. The number of aromatic carboxylic acids is 1. The van der Waals surface area contributed by atoms with Gasteiger partial charge in [-0.25, -0.2) is 4.79 Å². The third kappa shape index (κ3) is 3.97. The highest BCUT2D eigenvalue weighted by molar-refractivity contribution is 9.10. The molecule has 0 fully saturated rings. The van der Waals surface area contributed by atoms with Crippen molar-refractivity contribution in [1.29, 1.82) is 0 Å². The van der Waals surface area contributed by atoms with E-state index >= 15 is 0 Å². The smallest absolute Gasteiger partial charge is 0.335 e. The SMILES string of the molecule is O=C(O)c1cc(Cl)cc(NC(=O)c2cc(Br)ccc2Cl)c1. The number of anilines is 1. The summed E-state index contributed by atoms with van der Waals surface area (Å²) in [6.07, 6.45) is 0. The molecule has 0 saturated carbocycles. The van der Waals surface area contributed by atoms with E-state index in [0.717, 1.165) is 0 Å². The first-order valence-electron chi connectivity index (χ1n) is 5.67. The summed E-state index contributed by atoms with van der Waals surface area (Å²) in [4.78, 5) is 23.1. The monoisotopic (exact) mass is 387 g/mol. The van der Waals surface area contributed by atoms with Crippen molar-refractivity contribution < 1.29 is 14.7 Å². The fourth-order valence-corrected chi connectivity index (χ4v) is 2.45. The molecular formula is C14H8BrCl2NO3. The Balaban J connectivity index is 2.31. The van der Waals surface area contributed by atoms with Crippen LogP contribution in [0.4, 0.5) is 5.69 Å². The Labute approximate surface area is 138 Å². The number of hydrogen-bond acceptors (Lipinski definition) is 2. The lowest BCUT2D eigenvalue weighted by Gasteiger charge is -2.08. The first-order chi connectivity index (χ1) is 9.86. The van der Waals surface area contributed by atoms with Gasteiger partial charge < -0.3 is 10.4 Å². The minimum atomic E-state index is -1.13. The third-order valence-electron chi connectivity index (χ3n) is 2.58. The van der Waals surface area contributed by atoms with E-state index in [1.165, 1.54) is 18.2 Å². The standard InChI is InChI=1S/C14H8BrCl2NO3/c15-8-1-2-12(17)11(5-8)13(19)18-10-4-7(14(20)21)3-9(16)6-10/h1-6H,(H,18,19)(H,20,21). The lowest BCUT2D eigenvalue weighted by Crippen LogP contribution is -2.13. The molecule has 0 aromatic heterocycles. The van der Waals surface area contributed by atoms with Crippen molar-refractivity contribution in [2.75, 3.05) is 5.32 Å². The molecule has 0 aliphatic carbocycles. The van der Waals surface area contributed by atoms with Crippen LogP contribution in [0.2, 0.25) is 10.0 Å². The van der Waals surface area contributed by atoms with Gasteiger partial charge in [-0.15, -0.1) is 0 Å². The average Bonchev–Trinajstić information content (AvgIpc) is 2.40. The van der Waals surface area contributed by atoms with Gasteiger partial charge in [-0.05, 0) is 36.4 Å². The third-order valence-corrected chi connectivity index (χ3v) is 3.62. The number of carbonyl (C=O) groups is 2. The molecule has 21 heavy (non-hydrogen) atoms. The van der Waals surface area contributed by atoms with Crippen molar-refractivity contribution in [2.24, 2.45) is 0 Å². The van der Waals surface area contributed by atoms with E-state index in [4.69, 9.17) is 28.3 Å². The van der Waals surface area contributed by atoms with Crippen molar-refractivity contribution in [2.45, 2.75) is 0 Å². The van der Waals surface area contributed by atoms with E-state index in [1.807, 2.05) is 0 Å². The zero-order chi connectivity index (χ0) is 15.6. The number of carbonyl (C=O) groups excluding carboxylic acids is 1. The van der Waals surface area contributed by atoms with Crippen LogP contribution in [-0.4, -0.2) is 17.0 Å². The second-order valence-corrected chi connectivity index (χ2v) is 5.87. The number of amides is 1. The largest absolute Gasteiger partial charge is 0.478 e. The van der Waals surface area contributed by atoms with Crippen LogP contribution in [0.1, 0.15) is 20.7 Å². The molecule has 2 rings (SSSR count). The van der Waals surface area contributed by atoms with E-state index in [0.29, 0.717) is 4.47 Å². The Morgan fingerprint density at radius 2 is 1.81 bits per heavy atom. The number of hydrogen-bond donors (Lipinski definition) is 2. The van der Waals surface area contributed by atoms with Gasteiger partial charge >= 0.3 is 5.97 Å². The van der Waals surface area contributed by atoms with E-state index < -0.39 is 11.9 Å². The number of nitrogens with one attached hydrogen (secondary N) is 1. The van der Waals surface area contributed by atoms with Gasteiger partial charge in [0.1, 0.15) is 0 Å². The predicted octanol–water partition coefficient (Wildman–Crippen LogP) is 4.71. The Morgan fingerprint density at radius 3 is 2.48 bits per heavy atom. The summed E-state index contributed by atoms with van der Waals surface area (Å²) in [6.45, 7) is 0. The van der Waals surface area contributed by atoms with Gasteiger partial charge in [0, 0.05) is 15.2 Å². The first-order valence-corrected chi connectivity index (χ1v) is 7.22. The lowest BCUT2D eigenvalue weighted by molar-refractivity contribution is 0.0696. The number of carboxylic acids is 1. The highest BCUT2D eigenvalue weighted by Crippen LogP contribution is 2.24. The van der Waals surface area contributed by atoms with Crippen LogP contribution in [-0.2, 0) is 0 Å². The van der Waals surface area contributed by atoms with Crippen LogP contribution in [0.3, 0.4) is 0 Å². The molecule has 0 aliphatic heterocycles. The molecule has 2 aromatic carbocycles. The Kier molecular flexibility index (Phi) is 4.88. The summed E-state index contributed by atoms with van der Waals surface area (Å²) >= 11 is 15.1. The van der Waals surface area contributed by atoms with E-state index in [1.54, 1.807) is 18.2 Å². The highest BCUT2D eigenvalue weighted by atomic mass is 79.9. The molecule has 108 valence electrons. The van der Waals surface area contributed by atoms with Crippen LogP contribution in [0.25, 0.3) is 0 Å². The molecule has 0 atom stereocenters. The maximum absolute atomic E-state index is 12.2. The van der Waals surface area contributed by atoms with Crippen LogP contribution in [0, 0.1) is 0 Å². The van der Waals surface area contributed by atoms with Gasteiger partial charge in [-0.3, -0.25) is 4.79 Å². The maximum Gasteiger partial charge on any atom is 0.335 e. The molecular weight excluding hydrogens is 381 g/mol. The predicted molar refractivity (Wildman–Crippen MR) is 85.5 cm³/mol. The van der Waals surface area contributed by atoms with Gasteiger partial charge in [-0.1, -0.05) is 39.1 Å². The molecule has 2 N–H and O–H groups in total. The maximum atomic E-state index is 12.2. The molecule has 0 radical (unpaired) electrons. The summed E-state index contributed by atoms with van der Waals surface area (Å²) in [5, 5.41) is 12.0. The quantitative estimate of drug-likeness (QED) is 0.800. The molecule has 4 nitrogen and oxygen atoms in total. The van der Waals surface area contributed by atoms with E-state index in [-0.39, 0.29) is 26.9 Å². The molecule has 0 spiro atoms. The summed E-state index contributed by atoms with van der Waals surface area (Å²) in [7, 11) is 0. The summed E-state index contributed by atoms with van der Waals surface area (Å²) in [5.41, 5.74) is 0.530. The molecule has 7 heteroatoms. The normalized spacial score (nSPS) is 10.2. The fourth-order valence-electron chi connectivity index (χ4n) is 1.66. The highest BCUT2D eigenvalue weighted by Gasteiger charge is 2.13. The molecule has 0 heterocycles. The van der Waals surface area contributed by atoms with Crippen LogP contribution >= 0.6 is 39.1 Å². The van der Waals surface area contributed by atoms with Crippen molar-refractivity contribution in [1.82, 2.24) is 0 Å². The number of rotatable bonds is 3. The van der Waals surface area contributed by atoms with Crippen LogP contribution in [0.15, 0.2) is 40.9 Å². The Hall–Kier alpha value is -1.56. The lowest BCUT2D eigenvalue weighted by atomic mass is 10.1. The second-order valence-electron chi connectivity index (χ2n) is 4.11. The molecule has 0 bridgehead atoms. The van der Waals surface area contributed by atoms with E-state index in [2.05, 4.69) is 21.2 Å². The van der Waals surface area contributed by atoms with Crippen molar-refractivity contribution in [3.05, 3.63) is 62.0 Å². The van der Waals surface area contributed by atoms with Crippen LogP contribution < -0.4 is 5.32 Å². The topological polar surface area (TPSA) is 66.4 Å². The van der Waals surface area contributed by atoms with Gasteiger partial charge in [0.25, 0.3) is 5.91 Å². The summed E-state index contributed by atoms with van der Waals surface area (Å²) < 4.78 is 0.703. The molecule has 2 aromatic rings. The summed E-state index contributed by atoms with van der Waals surface area (Å²) in [5.74, 6) is -1.59. The second kappa shape index (κ2) is 6.47. The van der Waals surface area contributed by atoms with Gasteiger partial charge in [0.15, 0.2) is 0 Å². The zero-order valence-corrected chi connectivity index (χ0v) is 13.5.